The molecule has 4 nitrogen and oxygen atoms in total. The van der Waals surface area contributed by atoms with E-state index in [-0.39, 0.29) is 40.6 Å². The molecule has 3 aliphatic heterocycles. The largest absolute Gasteiger partial charge is 0.458 e. The molecule has 9 bridgehead atoms. The summed E-state index contributed by atoms with van der Waals surface area (Å²) in [4.78, 5) is 16.1. The summed E-state index contributed by atoms with van der Waals surface area (Å²) in [5.74, 6) is 0.655. The van der Waals surface area contributed by atoms with Crippen LogP contribution in [0.3, 0.4) is 0 Å². The Morgan fingerprint density at radius 1 is 1.22 bits per heavy atom. The topological polar surface area (TPSA) is 49.8 Å². The summed E-state index contributed by atoms with van der Waals surface area (Å²) in [6, 6.07) is 6.77. The second-order valence-corrected chi connectivity index (χ2v) is 12.4. The fourth-order valence-electron chi connectivity index (χ4n) is 11.4. The van der Waals surface area contributed by atoms with Crippen LogP contribution in [0.15, 0.2) is 36.4 Å². The maximum atomic E-state index is 13.4. The molecule has 3 heterocycles. The van der Waals surface area contributed by atoms with Gasteiger partial charge in [0.25, 0.3) is 0 Å². The van der Waals surface area contributed by atoms with Crippen molar-refractivity contribution in [3.8, 4) is 0 Å². The van der Waals surface area contributed by atoms with Crippen LogP contribution in [0.5, 0.6) is 0 Å². The number of carbonyl (C=O) groups excluding carboxylic acids is 1. The number of aliphatic hydroxyl groups is 1. The highest BCUT2D eigenvalue weighted by atomic mass is 19.1. The van der Waals surface area contributed by atoms with Crippen LogP contribution in [0.4, 0.5) is 4.39 Å². The summed E-state index contributed by atoms with van der Waals surface area (Å²) < 4.78 is 19.8. The van der Waals surface area contributed by atoms with Crippen molar-refractivity contribution < 1.29 is 19.0 Å². The maximum absolute atomic E-state index is 13.4. The number of fused-ring (bicyclic) bond motifs is 1. The van der Waals surface area contributed by atoms with Crippen molar-refractivity contribution in [2.24, 2.45) is 39.9 Å². The summed E-state index contributed by atoms with van der Waals surface area (Å²) in [5, 5.41) is 11.6. The monoisotopic (exact) mass is 435 g/mol. The zero-order chi connectivity index (χ0) is 21.8. The Balaban J connectivity index is 1.27. The second kappa shape index (κ2) is 5.33. The summed E-state index contributed by atoms with van der Waals surface area (Å²) in [5.41, 5.74) is 1.60. The molecule has 2 unspecified atom stereocenters. The van der Waals surface area contributed by atoms with Crippen molar-refractivity contribution in [2.45, 2.75) is 63.3 Å². The van der Waals surface area contributed by atoms with Gasteiger partial charge in [0.15, 0.2) is 0 Å². The van der Waals surface area contributed by atoms with E-state index in [9.17, 15) is 14.3 Å². The molecule has 0 aromatic heterocycles. The molecule has 1 N–H and O–H groups in total. The van der Waals surface area contributed by atoms with Crippen LogP contribution in [-0.2, 0) is 4.74 Å². The Morgan fingerprint density at radius 2 is 2.00 bits per heavy atom. The Bertz CT molecular complexity index is 1090. The Labute approximate surface area is 187 Å². The number of halogens is 1. The zero-order valence-corrected chi connectivity index (χ0v) is 18.5. The van der Waals surface area contributed by atoms with Crippen LogP contribution < -0.4 is 0 Å². The summed E-state index contributed by atoms with van der Waals surface area (Å²) in [7, 11) is 0. The number of aliphatic hydroxyl groups excluding tert-OH is 1. The standard InChI is InChI=1S/C27H30FNO3/c1-13-16-10-17-22-26-9-3-8-25(2)12-29(22)18(20(25)26)11-27(17,23(13)30)21(26)19(16)32-24(31)14-4-6-15(28)7-5-14/h4-7,16-23,30H,1,3,8-12H2,2H3/t16-,17-,18+,19+,20-,21+,22?,23-,25+,26+,27-/m1/s1. The molecule has 2 spiro atoms. The average Bonchev–Trinajstić information content (AvgIpc) is 3.19. The smallest absolute Gasteiger partial charge is 0.338 e. The normalized spacial score (nSPS) is 57.3. The third-order valence-corrected chi connectivity index (χ3v) is 11.6. The first-order valence-electron chi connectivity index (χ1n) is 12.4. The second-order valence-electron chi connectivity index (χ2n) is 12.4. The van der Waals surface area contributed by atoms with E-state index in [1.807, 2.05) is 0 Å². The van der Waals surface area contributed by atoms with Gasteiger partial charge in [0.2, 0.25) is 0 Å². The third kappa shape index (κ3) is 1.67. The van der Waals surface area contributed by atoms with Crippen molar-refractivity contribution in [1.29, 1.82) is 0 Å². The minimum absolute atomic E-state index is 0.0246. The molecule has 1 aromatic carbocycles. The van der Waals surface area contributed by atoms with Crippen LogP contribution in [-0.4, -0.2) is 46.8 Å². The molecule has 1 aromatic rings. The highest BCUT2D eigenvalue weighted by Gasteiger charge is 2.90. The number of hydrogen-bond donors (Lipinski definition) is 1. The fourth-order valence-corrected chi connectivity index (χ4v) is 11.4. The van der Waals surface area contributed by atoms with Gasteiger partial charge in [-0.15, -0.1) is 0 Å². The number of rotatable bonds is 2. The number of carbonyl (C=O) groups is 1. The fraction of sp³-hybridized carbons (Fsp3) is 0.667. The molecule has 9 aliphatic rings. The third-order valence-electron chi connectivity index (χ3n) is 11.6. The van der Waals surface area contributed by atoms with Crippen molar-refractivity contribution >= 4 is 5.97 Å². The SMILES string of the molecule is C=C1[C@H]2C[C@@H]3C4N5C[C@]6(C)CCC[C@@]47[C@@H]6[C@@H]5C[C@]3([C@@H]1O)[C@H]7[C@H]2OC(=O)c1ccc(F)cc1. The van der Waals surface area contributed by atoms with Gasteiger partial charge in [-0.2, -0.15) is 0 Å². The zero-order valence-electron chi connectivity index (χ0n) is 18.5. The minimum atomic E-state index is -0.476. The van der Waals surface area contributed by atoms with Gasteiger partial charge in [0, 0.05) is 35.9 Å². The summed E-state index contributed by atoms with van der Waals surface area (Å²) >= 11 is 0. The van der Waals surface area contributed by atoms with Gasteiger partial charge in [0.05, 0.1) is 11.7 Å². The van der Waals surface area contributed by atoms with E-state index in [0.717, 1.165) is 18.4 Å². The molecule has 32 heavy (non-hydrogen) atoms. The van der Waals surface area contributed by atoms with Crippen LogP contribution in [0.1, 0.15) is 49.4 Å². The lowest BCUT2D eigenvalue weighted by atomic mass is 9.39. The van der Waals surface area contributed by atoms with E-state index in [2.05, 4.69) is 18.4 Å². The molecule has 3 saturated heterocycles. The van der Waals surface area contributed by atoms with Gasteiger partial charge in [0.1, 0.15) is 11.9 Å². The predicted octanol–water partition coefficient (Wildman–Crippen LogP) is 3.80. The van der Waals surface area contributed by atoms with E-state index < -0.39 is 6.10 Å². The predicted molar refractivity (Wildman–Crippen MR) is 115 cm³/mol. The van der Waals surface area contributed by atoms with E-state index in [0.29, 0.717) is 34.9 Å². The molecule has 10 rings (SSSR count). The molecule has 9 fully saturated rings. The van der Waals surface area contributed by atoms with E-state index in [1.54, 1.807) is 0 Å². The van der Waals surface area contributed by atoms with Crippen molar-refractivity contribution in [2.75, 3.05) is 6.54 Å². The van der Waals surface area contributed by atoms with Crippen LogP contribution >= 0.6 is 0 Å². The number of piperidine rings is 2. The van der Waals surface area contributed by atoms with Crippen LogP contribution in [0, 0.1) is 45.7 Å². The Morgan fingerprint density at radius 3 is 2.78 bits per heavy atom. The van der Waals surface area contributed by atoms with Gasteiger partial charge in [-0.3, -0.25) is 4.90 Å². The lowest BCUT2D eigenvalue weighted by Crippen LogP contribution is -2.69. The first kappa shape index (κ1) is 18.7. The maximum Gasteiger partial charge on any atom is 0.338 e. The number of benzene rings is 1. The van der Waals surface area contributed by atoms with Crippen molar-refractivity contribution in [3.63, 3.8) is 0 Å². The molecule has 0 amide bonds. The molecule has 6 saturated carbocycles. The number of hydrogen-bond acceptors (Lipinski definition) is 4. The molecule has 168 valence electrons. The van der Waals surface area contributed by atoms with Gasteiger partial charge >= 0.3 is 5.97 Å². The molecule has 6 aliphatic carbocycles. The average molecular weight is 436 g/mol. The summed E-state index contributed by atoms with van der Waals surface area (Å²) in [6.07, 6.45) is 5.03. The molecule has 5 heteroatoms. The Kier molecular flexibility index (Phi) is 3.11. The van der Waals surface area contributed by atoms with Crippen LogP contribution in [0.2, 0.25) is 0 Å². The van der Waals surface area contributed by atoms with E-state index in [4.69, 9.17) is 4.74 Å². The Hall–Kier alpha value is -1.72. The first-order chi connectivity index (χ1) is 15.3. The van der Waals surface area contributed by atoms with Crippen molar-refractivity contribution in [1.82, 2.24) is 4.90 Å². The number of nitrogens with zero attached hydrogens (tertiary/aromatic N) is 1. The lowest BCUT2D eigenvalue weighted by Gasteiger charge is -2.66. The summed E-state index contributed by atoms with van der Waals surface area (Å²) in [6.45, 7) is 8.04. The molecule has 12 atom stereocenters. The highest BCUT2D eigenvalue weighted by molar-refractivity contribution is 5.89. The molecule has 0 radical (unpaired) electrons. The van der Waals surface area contributed by atoms with E-state index in [1.165, 1.54) is 50.1 Å². The van der Waals surface area contributed by atoms with E-state index >= 15 is 0 Å². The minimum Gasteiger partial charge on any atom is -0.458 e. The van der Waals surface area contributed by atoms with Gasteiger partial charge in [-0.05, 0) is 78.2 Å². The number of esters is 1. The molecular weight excluding hydrogens is 405 g/mol. The van der Waals surface area contributed by atoms with Crippen LogP contribution in [0.25, 0.3) is 0 Å². The quantitative estimate of drug-likeness (QED) is 0.567. The number of ether oxygens (including phenoxy) is 1. The van der Waals surface area contributed by atoms with Crippen molar-refractivity contribution in [3.05, 3.63) is 47.8 Å². The van der Waals surface area contributed by atoms with Gasteiger partial charge in [-0.25, -0.2) is 9.18 Å². The lowest BCUT2D eigenvalue weighted by molar-refractivity contribution is -0.213. The molecular formula is C27H30FNO3. The first-order valence-corrected chi connectivity index (χ1v) is 12.4. The van der Waals surface area contributed by atoms with Gasteiger partial charge < -0.3 is 9.84 Å². The highest BCUT2D eigenvalue weighted by Crippen LogP contribution is 2.87. The van der Waals surface area contributed by atoms with Gasteiger partial charge in [-0.1, -0.05) is 19.9 Å².